The molecule has 5 heteroatoms. The summed E-state index contributed by atoms with van der Waals surface area (Å²) in [4.78, 5) is 28.0. The lowest BCUT2D eigenvalue weighted by Gasteiger charge is -2.27. The van der Waals surface area contributed by atoms with Gasteiger partial charge in [0.1, 0.15) is 0 Å². The molecule has 1 aliphatic carbocycles. The first-order valence-corrected chi connectivity index (χ1v) is 7.76. The average molecular weight is 301 g/mol. The van der Waals surface area contributed by atoms with E-state index < -0.39 is 0 Å². The van der Waals surface area contributed by atoms with E-state index in [0.717, 1.165) is 31.2 Å². The normalized spacial score (nSPS) is 20.9. The Morgan fingerprint density at radius 3 is 2.18 bits per heavy atom. The maximum Gasteiger partial charge on any atom is 0.223 e. The molecule has 0 unspecified atom stereocenters. The van der Waals surface area contributed by atoms with Gasteiger partial charge < -0.3 is 10.6 Å². The third-order valence-electron chi connectivity index (χ3n) is 4.11. The molecule has 0 bridgehead atoms. The minimum Gasteiger partial charge on any atom is -0.352 e. The molecular weight excluding hydrogens is 278 g/mol. The standard InChI is InChI=1S/C17H23N3O2/c1-2-9-19-16(21)14-3-5-15(6-4-14)17(22)20-12-13-7-10-18-11-8-13/h2,7-8,10-11,14-15H,1,3-6,9,12H2,(H,19,21)(H,20,22). The zero-order valence-corrected chi connectivity index (χ0v) is 12.8. The summed E-state index contributed by atoms with van der Waals surface area (Å²) in [5.74, 6) is 0.215. The zero-order valence-electron chi connectivity index (χ0n) is 12.8. The first kappa shape index (κ1) is 16.2. The van der Waals surface area contributed by atoms with Crippen LogP contribution in [0.2, 0.25) is 0 Å². The molecular formula is C17H23N3O2. The summed E-state index contributed by atoms with van der Waals surface area (Å²) < 4.78 is 0. The Kier molecular flexibility index (Phi) is 6.13. The molecule has 1 aromatic rings. The molecule has 0 spiro atoms. The molecule has 2 N–H and O–H groups in total. The Labute approximate surface area is 131 Å². The average Bonchev–Trinajstić information content (AvgIpc) is 2.58. The summed E-state index contributed by atoms with van der Waals surface area (Å²) in [6.07, 6.45) is 8.20. The van der Waals surface area contributed by atoms with Gasteiger partial charge in [-0.25, -0.2) is 0 Å². The van der Waals surface area contributed by atoms with Crippen LogP contribution in [-0.2, 0) is 16.1 Å². The lowest BCUT2D eigenvalue weighted by Crippen LogP contribution is -2.37. The highest BCUT2D eigenvalue weighted by Crippen LogP contribution is 2.29. The number of pyridine rings is 1. The minimum atomic E-state index is 0.0188. The van der Waals surface area contributed by atoms with Crippen molar-refractivity contribution in [2.24, 2.45) is 11.8 Å². The van der Waals surface area contributed by atoms with E-state index in [1.165, 1.54) is 0 Å². The maximum absolute atomic E-state index is 12.2. The monoisotopic (exact) mass is 301 g/mol. The zero-order chi connectivity index (χ0) is 15.8. The van der Waals surface area contributed by atoms with Crippen molar-refractivity contribution in [2.75, 3.05) is 6.54 Å². The fraction of sp³-hybridized carbons (Fsp3) is 0.471. The molecule has 2 amide bonds. The van der Waals surface area contributed by atoms with E-state index in [1.54, 1.807) is 18.5 Å². The second-order valence-electron chi connectivity index (χ2n) is 5.66. The highest BCUT2D eigenvalue weighted by Gasteiger charge is 2.29. The second-order valence-corrected chi connectivity index (χ2v) is 5.66. The van der Waals surface area contributed by atoms with Crippen LogP contribution in [0.4, 0.5) is 0 Å². The van der Waals surface area contributed by atoms with E-state index in [-0.39, 0.29) is 23.7 Å². The van der Waals surface area contributed by atoms with Gasteiger partial charge in [-0.15, -0.1) is 6.58 Å². The van der Waals surface area contributed by atoms with Gasteiger partial charge in [-0.05, 0) is 43.4 Å². The molecule has 0 aliphatic heterocycles. The van der Waals surface area contributed by atoms with E-state index in [2.05, 4.69) is 22.2 Å². The van der Waals surface area contributed by atoms with Crippen molar-refractivity contribution in [3.05, 3.63) is 42.7 Å². The molecule has 5 nitrogen and oxygen atoms in total. The van der Waals surface area contributed by atoms with Gasteiger partial charge in [-0.1, -0.05) is 6.08 Å². The van der Waals surface area contributed by atoms with Gasteiger partial charge in [0.15, 0.2) is 0 Å². The van der Waals surface area contributed by atoms with Crippen molar-refractivity contribution < 1.29 is 9.59 Å². The molecule has 1 fully saturated rings. The molecule has 2 rings (SSSR count). The Morgan fingerprint density at radius 2 is 1.64 bits per heavy atom. The van der Waals surface area contributed by atoms with Crippen LogP contribution in [0.5, 0.6) is 0 Å². The van der Waals surface area contributed by atoms with E-state index in [1.807, 2.05) is 12.1 Å². The number of nitrogens with zero attached hydrogens (tertiary/aromatic N) is 1. The number of rotatable bonds is 6. The van der Waals surface area contributed by atoms with Crippen LogP contribution in [0.15, 0.2) is 37.2 Å². The third kappa shape index (κ3) is 4.69. The lowest BCUT2D eigenvalue weighted by atomic mass is 9.81. The van der Waals surface area contributed by atoms with Crippen molar-refractivity contribution in [1.82, 2.24) is 15.6 Å². The summed E-state index contributed by atoms with van der Waals surface area (Å²) in [7, 11) is 0. The highest BCUT2D eigenvalue weighted by atomic mass is 16.2. The van der Waals surface area contributed by atoms with E-state index >= 15 is 0 Å². The van der Waals surface area contributed by atoms with E-state index in [0.29, 0.717) is 13.1 Å². The molecule has 118 valence electrons. The van der Waals surface area contributed by atoms with Gasteiger partial charge in [0.25, 0.3) is 0 Å². The van der Waals surface area contributed by atoms with Crippen LogP contribution in [0.25, 0.3) is 0 Å². The fourth-order valence-corrected chi connectivity index (χ4v) is 2.77. The van der Waals surface area contributed by atoms with Crippen molar-refractivity contribution in [3.63, 3.8) is 0 Å². The number of carbonyl (C=O) groups is 2. The first-order valence-electron chi connectivity index (χ1n) is 7.76. The van der Waals surface area contributed by atoms with Crippen molar-refractivity contribution in [3.8, 4) is 0 Å². The van der Waals surface area contributed by atoms with Crippen LogP contribution in [-0.4, -0.2) is 23.3 Å². The Morgan fingerprint density at radius 1 is 1.09 bits per heavy atom. The van der Waals surface area contributed by atoms with E-state index in [9.17, 15) is 9.59 Å². The van der Waals surface area contributed by atoms with Gasteiger partial charge in [0, 0.05) is 37.3 Å². The van der Waals surface area contributed by atoms with Crippen LogP contribution in [0, 0.1) is 11.8 Å². The fourth-order valence-electron chi connectivity index (χ4n) is 2.77. The largest absolute Gasteiger partial charge is 0.352 e. The van der Waals surface area contributed by atoms with Crippen LogP contribution in [0.1, 0.15) is 31.2 Å². The van der Waals surface area contributed by atoms with Crippen LogP contribution >= 0.6 is 0 Å². The summed E-state index contributed by atoms with van der Waals surface area (Å²) in [6, 6.07) is 3.78. The van der Waals surface area contributed by atoms with Gasteiger partial charge in [0.2, 0.25) is 11.8 Å². The number of hydrogen-bond acceptors (Lipinski definition) is 3. The van der Waals surface area contributed by atoms with Gasteiger partial charge in [0.05, 0.1) is 0 Å². The summed E-state index contributed by atoms with van der Waals surface area (Å²) in [5.41, 5.74) is 1.04. The quantitative estimate of drug-likeness (QED) is 0.787. The van der Waals surface area contributed by atoms with Crippen molar-refractivity contribution in [1.29, 1.82) is 0 Å². The molecule has 0 atom stereocenters. The molecule has 1 aliphatic rings. The Bertz CT molecular complexity index is 508. The number of nitrogens with one attached hydrogen (secondary N) is 2. The summed E-state index contributed by atoms with van der Waals surface area (Å²) >= 11 is 0. The molecule has 1 aromatic heterocycles. The van der Waals surface area contributed by atoms with Crippen molar-refractivity contribution >= 4 is 11.8 Å². The summed E-state index contributed by atoms with van der Waals surface area (Å²) in [6.45, 7) is 4.62. The van der Waals surface area contributed by atoms with Gasteiger partial charge >= 0.3 is 0 Å². The number of carbonyl (C=O) groups excluding carboxylic acids is 2. The Hall–Kier alpha value is -2.17. The van der Waals surface area contributed by atoms with Gasteiger partial charge in [-0.2, -0.15) is 0 Å². The molecule has 22 heavy (non-hydrogen) atoms. The second kappa shape index (κ2) is 8.32. The van der Waals surface area contributed by atoms with Crippen molar-refractivity contribution in [2.45, 2.75) is 32.2 Å². The highest BCUT2D eigenvalue weighted by molar-refractivity contribution is 5.81. The predicted octanol–water partition coefficient (Wildman–Crippen LogP) is 1.81. The lowest BCUT2D eigenvalue weighted by molar-refractivity contribution is -0.130. The number of aromatic nitrogens is 1. The predicted molar refractivity (Wildman–Crippen MR) is 84.7 cm³/mol. The smallest absolute Gasteiger partial charge is 0.223 e. The minimum absolute atomic E-state index is 0.0188. The van der Waals surface area contributed by atoms with Crippen LogP contribution < -0.4 is 10.6 Å². The Balaban J connectivity index is 1.73. The van der Waals surface area contributed by atoms with Crippen LogP contribution in [0.3, 0.4) is 0 Å². The molecule has 1 saturated carbocycles. The molecule has 0 radical (unpaired) electrons. The molecule has 0 saturated heterocycles. The summed E-state index contributed by atoms with van der Waals surface area (Å²) in [5, 5.41) is 5.80. The topological polar surface area (TPSA) is 71.1 Å². The molecule has 1 heterocycles. The number of amides is 2. The third-order valence-corrected chi connectivity index (χ3v) is 4.11. The SMILES string of the molecule is C=CCNC(=O)C1CCC(C(=O)NCc2ccncc2)CC1. The number of hydrogen-bond donors (Lipinski definition) is 2. The first-order chi connectivity index (χ1) is 10.7. The molecule has 0 aromatic carbocycles. The van der Waals surface area contributed by atoms with Gasteiger partial charge in [-0.3, -0.25) is 14.6 Å². The maximum atomic E-state index is 12.2. The van der Waals surface area contributed by atoms with E-state index in [4.69, 9.17) is 0 Å².